The summed E-state index contributed by atoms with van der Waals surface area (Å²) >= 11 is 0. The molecule has 1 atom stereocenters. The lowest BCUT2D eigenvalue weighted by Gasteiger charge is -2.40. The predicted octanol–water partition coefficient (Wildman–Crippen LogP) is 2.02. The van der Waals surface area contributed by atoms with Crippen LogP contribution < -0.4 is 10.2 Å². The van der Waals surface area contributed by atoms with Crippen molar-refractivity contribution in [2.24, 2.45) is 5.41 Å². The number of carboxylic acids is 1. The molecular formula is C20H23N3O5. The lowest BCUT2D eigenvalue weighted by Crippen LogP contribution is -2.51. The van der Waals surface area contributed by atoms with Gasteiger partial charge in [0.05, 0.1) is 16.7 Å². The van der Waals surface area contributed by atoms with Gasteiger partial charge < -0.3 is 10.0 Å². The second kappa shape index (κ2) is 7.84. The van der Waals surface area contributed by atoms with Gasteiger partial charge in [0.25, 0.3) is 5.91 Å². The van der Waals surface area contributed by atoms with E-state index in [0.717, 1.165) is 0 Å². The molecule has 0 bridgehead atoms. The molecule has 2 fully saturated rings. The van der Waals surface area contributed by atoms with Crippen LogP contribution in [-0.2, 0) is 9.59 Å². The highest BCUT2D eigenvalue weighted by atomic mass is 16.4. The molecular weight excluding hydrogens is 362 g/mol. The number of carbonyl (C=O) groups excluding carboxylic acids is 3. The van der Waals surface area contributed by atoms with Gasteiger partial charge in [-0.15, -0.1) is 6.58 Å². The number of aliphatic carboxylic acids is 1. The van der Waals surface area contributed by atoms with Crippen LogP contribution in [-0.4, -0.2) is 53.5 Å². The van der Waals surface area contributed by atoms with Crippen molar-refractivity contribution >= 4 is 29.5 Å². The third-order valence-corrected chi connectivity index (χ3v) is 5.33. The average molecular weight is 385 g/mol. The summed E-state index contributed by atoms with van der Waals surface area (Å²) in [6.45, 7) is 4.38. The van der Waals surface area contributed by atoms with Gasteiger partial charge in [0.15, 0.2) is 0 Å². The van der Waals surface area contributed by atoms with Crippen molar-refractivity contribution in [2.45, 2.75) is 25.7 Å². The molecule has 1 aromatic rings. The van der Waals surface area contributed by atoms with E-state index in [1.165, 1.54) is 9.80 Å². The Balaban J connectivity index is 1.89. The average Bonchev–Trinajstić information content (AvgIpc) is 2.68. The number of nitrogens with one attached hydrogen (secondary N) is 1. The van der Waals surface area contributed by atoms with Crippen molar-refractivity contribution < 1.29 is 24.3 Å². The Labute approximate surface area is 162 Å². The van der Waals surface area contributed by atoms with E-state index in [1.54, 1.807) is 30.3 Å². The molecule has 2 aliphatic heterocycles. The van der Waals surface area contributed by atoms with Gasteiger partial charge in [0, 0.05) is 26.1 Å². The fourth-order valence-electron chi connectivity index (χ4n) is 3.86. The second-order valence-electron chi connectivity index (χ2n) is 7.18. The number of benzene rings is 1. The van der Waals surface area contributed by atoms with Crippen LogP contribution in [0.15, 0.2) is 36.9 Å². The summed E-state index contributed by atoms with van der Waals surface area (Å²) in [4.78, 5) is 51.6. The molecule has 1 aromatic carbocycles. The van der Waals surface area contributed by atoms with E-state index < -0.39 is 17.4 Å². The molecule has 0 aliphatic carbocycles. The topological polar surface area (TPSA) is 107 Å². The SMILES string of the molecule is C=CC[C@]1(C(=O)O)CCCN(C(=O)c2ccccc2N2CCC(=O)NC2=O)C1. The van der Waals surface area contributed by atoms with Gasteiger partial charge in [-0.25, -0.2) is 4.79 Å². The first kappa shape index (κ1) is 19.6. The summed E-state index contributed by atoms with van der Waals surface area (Å²) < 4.78 is 0. The zero-order valence-electron chi connectivity index (χ0n) is 15.5. The number of allylic oxidation sites excluding steroid dienone is 1. The Kier molecular flexibility index (Phi) is 5.48. The molecule has 4 amide bonds. The van der Waals surface area contributed by atoms with Gasteiger partial charge in [-0.3, -0.25) is 24.6 Å². The molecule has 2 saturated heterocycles. The first-order chi connectivity index (χ1) is 13.4. The zero-order valence-corrected chi connectivity index (χ0v) is 15.5. The molecule has 2 heterocycles. The molecule has 28 heavy (non-hydrogen) atoms. The van der Waals surface area contributed by atoms with Gasteiger partial charge in [-0.05, 0) is 31.4 Å². The molecule has 8 nitrogen and oxygen atoms in total. The number of hydrogen-bond donors (Lipinski definition) is 2. The first-order valence-electron chi connectivity index (χ1n) is 9.22. The number of likely N-dealkylation sites (tertiary alicyclic amines) is 1. The van der Waals surface area contributed by atoms with Crippen molar-refractivity contribution in [1.29, 1.82) is 0 Å². The Morgan fingerprint density at radius 2 is 2.00 bits per heavy atom. The van der Waals surface area contributed by atoms with Crippen LogP contribution in [0.5, 0.6) is 0 Å². The van der Waals surface area contributed by atoms with E-state index in [-0.39, 0.29) is 37.7 Å². The molecule has 0 aromatic heterocycles. The predicted molar refractivity (Wildman–Crippen MR) is 102 cm³/mol. The number of nitrogens with zero attached hydrogens (tertiary/aromatic N) is 2. The number of para-hydroxylation sites is 1. The summed E-state index contributed by atoms with van der Waals surface area (Å²) in [6.07, 6.45) is 3.07. The van der Waals surface area contributed by atoms with Crippen LogP contribution in [0, 0.1) is 5.41 Å². The smallest absolute Gasteiger partial charge is 0.328 e. The molecule has 3 rings (SSSR count). The van der Waals surface area contributed by atoms with Gasteiger partial charge in [0.2, 0.25) is 5.91 Å². The highest BCUT2D eigenvalue weighted by Gasteiger charge is 2.43. The molecule has 2 N–H and O–H groups in total. The van der Waals surface area contributed by atoms with E-state index in [9.17, 15) is 24.3 Å². The minimum Gasteiger partial charge on any atom is -0.481 e. The number of anilines is 1. The lowest BCUT2D eigenvalue weighted by molar-refractivity contribution is -0.151. The standard InChI is InChI=1S/C20H23N3O5/c1-2-9-20(18(26)27)10-5-11-22(13-20)17(25)14-6-3-4-7-15(14)23-12-8-16(24)21-19(23)28/h2-4,6-7H,1,5,8-13H2,(H,26,27)(H,21,24,28)/t20-/m0/s1. The summed E-state index contributed by atoms with van der Waals surface area (Å²) in [7, 11) is 0. The number of rotatable bonds is 5. The maximum absolute atomic E-state index is 13.2. The largest absolute Gasteiger partial charge is 0.481 e. The van der Waals surface area contributed by atoms with Crippen LogP contribution in [0.3, 0.4) is 0 Å². The van der Waals surface area contributed by atoms with Gasteiger partial charge in [0.1, 0.15) is 0 Å². The Morgan fingerprint density at radius 1 is 1.25 bits per heavy atom. The van der Waals surface area contributed by atoms with E-state index in [0.29, 0.717) is 30.6 Å². The number of carboxylic acid groups (broad SMARTS) is 1. The van der Waals surface area contributed by atoms with Crippen LogP contribution in [0.25, 0.3) is 0 Å². The van der Waals surface area contributed by atoms with Gasteiger partial charge in [-0.1, -0.05) is 18.2 Å². The van der Waals surface area contributed by atoms with Crippen molar-refractivity contribution in [3.05, 3.63) is 42.5 Å². The van der Waals surface area contributed by atoms with Gasteiger partial charge in [-0.2, -0.15) is 0 Å². The Bertz CT molecular complexity index is 837. The van der Waals surface area contributed by atoms with Crippen LogP contribution >= 0.6 is 0 Å². The number of amides is 4. The van der Waals surface area contributed by atoms with Crippen molar-refractivity contribution in [3.8, 4) is 0 Å². The maximum Gasteiger partial charge on any atom is 0.328 e. The normalized spacial score (nSPS) is 22.6. The zero-order chi connectivity index (χ0) is 20.3. The van der Waals surface area contributed by atoms with E-state index in [2.05, 4.69) is 11.9 Å². The number of urea groups is 1. The van der Waals surface area contributed by atoms with Crippen LogP contribution in [0.4, 0.5) is 10.5 Å². The molecule has 2 aliphatic rings. The van der Waals surface area contributed by atoms with E-state index in [1.807, 2.05) is 0 Å². The third kappa shape index (κ3) is 3.62. The van der Waals surface area contributed by atoms with Crippen LogP contribution in [0.2, 0.25) is 0 Å². The fourth-order valence-corrected chi connectivity index (χ4v) is 3.86. The molecule has 0 spiro atoms. The van der Waals surface area contributed by atoms with E-state index in [4.69, 9.17) is 0 Å². The summed E-state index contributed by atoms with van der Waals surface area (Å²) in [5.41, 5.74) is -0.320. The number of carbonyl (C=O) groups is 4. The third-order valence-electron chi connectivity index (χ3n) is 5.33. The molecule has 0 radical (unpaired) electrons. The Morgan fingerprint density at radius 3 is 2.68 bits per heavy atom. The van der Waals surface area contributed by atoms with Crippen LogP contribution in [0.1, 0.15) is 36.0 Å². The summed E-state index contributed by atoms with van der Waals surface area (Å²) in [5.74, 6) is -1.61. The lowest BCUT2D eigenvalue weighted by atomic mass is 9.77. The van der Waals surface area contributed by atoms with Crippen molar-refractivity contribution in [3.63, 3.8) is 0 Å². The Hall–Kier alpha value is -3.16. The molecule has 148 valence electrons. The highest BCUT2D eigenvalue weighted by molar-refractivity contribution is 6.09. The summed E-state index contributed by atoms with van der Waals surface area (Å²) in [6, 6.07) is 6.11. The second-order valence-corrected chi connectivity index (χ2v) is 7.18. The quantitative estimate of drug-likeness (QED) is 0.754. The molecule has 0 saturated carbocycles. The number of piperidine rings is 1. The van der Waals surface area contributed by atoms with Crippen molar-refractivity contribution in [2.75, 3.05) is 24.5 Å². The minimum atomic E-state index is -1.04. The van der Waals surface area contributed by atoms with Gasteiger partial charge >= 0.3 is 12.0 Å². The summed E-state index contributed by atoms with van der Waals surface area (Å²) in [5, 5.41) is 12.0. The van der Waals surface area contributed by atoms with E-state index >= 15 is 0 Å². The van der Waals surface area contributed by atoms with Crippen molar-refractivity contribution in [1.82, 2.24) is 10.2 Å². The minimum absolute atomic E-state index is 0.0895. The molecule has 0 unspecified atom stereocenters. The molecule has 8 heteroatoms. The monoisotopic (exact) mass is 385 g/mol. The number of hydrogen-bond acceptors (Lipinski definition) is 4. The number of imide groups is 1. The maximum atomic E-state index is 13.2. The fraction of sp³-hybridized carbons (Fsp3) is 0.400. The first-order valence-corrected chi connectivity index (χ1v) is 9.22. The highest BCUT2D eigenvalue weighted by Crippen LogP contribution is 2.35.